The average Bonchev–Trinajstić information content (AvgIpc) is 2.40. The van der Waals surface area contributed by atoms with Crippen LogP contribution in [0.1, 0.15) is 11.4 Å². The molecule has 0 bridgehead atoms. The van der Waals surface area contributed by atoms with E-state index in [1.807, 2.05) is 25.3 Å². The normalized spacial score (nSPS) is 10.3. The van der Waals surface area contributed by atoms with Gasteiger partial charge in [0.05, 0.1) is 6.54 Å². The first kappa shape index (κ1) is 12.8. The first-order valence-corrected chi connectivity index (χ1v) is 6.95. The Morgan fingerprint density at radius 2 is 2.11 bits per heavy atom. The number of aromatic nitrogens is 1. The maximum atomic E-state index is 9.71. The van der Waals surface area contributed by atoms with Gasteiger partial charge >= 0.3 is 0 Å². The second kappa shape index (κ2) is 5.78. The Labute approximate surface area is 111 Å². The van der Waals surface area contributed by atoms with E-state index in [0.717, 1.165) is 11.4 Å². The number of rotatable bonds is 4. The largest absolute Gasteiger partial charge is 0.506 e. The maximum Gasteiger partial charge on any atom is 0.138 e. The summed E-state index contributed by atoms with van der Waals surface area (Å²) in [5.41, 5.74) is 2.61. The number of benzene rings is 1. The van der Waals surface area contributed by atoms with Crippen LogP contribution in [0.3, 0.4) is 0 Å². The Morgan fingerprint density at radius 3 is 2.89 bits per heavy atom. The molecule has 0 radical (unpaired) electrons. The highest BCUT2D eigenvalue weighted by atomic mass is 32.2. The van der Waals surface area contributed by atoms with Crippen LogP contribution in [0.2, 0.25) is 0 Å². The zero-order chi connectivity index (χ0) is 13.0. The van der Waals surface area contributed by atoms with Crippen molar-refractivity contribution in [2.24, 2.45) is 0 Å². The minimum absolute atomic E-state index is 0.231. The summed E-state index contributed by atoms with van der Waals surface area (Å²) in [6, 6.07) is 11.6. The second-order valence-electron chi connectivity index (χ2n) is 4.00. The molecule has 1 aromatic carbocycles. The van der Waals surface area contributed by atoms with Gasteiger partial charge in [0, 0.05) is 16.3 Å². The van der Waals surface area contributed by atoms with E-state index in [2.05, 4.69) is 22.4 Å². The van der Waals surface area contributed by atoms with E-state index in [4.69, 9.17) is 0 Å². The van der Waals surface area contributed by atoms with E-state index in [9.17, 15) is 5.11 Å². The van der Waals surface area contributed by atoms with E-state index in [1.165, 1.54) is 4.90 Å². The van der Waals surface area contributed by atoms with Crippen LogP contribution in [0, 0.1) is 6.92 Å². The predicted molar refractivity (Wildman–Crippen MR) is 76.2 cm³/mol. The predicted octanol–water partition coefficient (Wildman–Crippen LogP) is 3.43. The van der Waals surface area contributed by atoms with Gasteiger partial charge in [-0.3, -0.25) is 4.98 Å². The van der Waals surface area contributed by atoms with E-state index >= 15 is 0 Å². The molecule has 2 N–H and O–H groups in total. The minimum Gasteiger partial charge on any atom is -0.506 e. The molecular weight excluding hydrogens is 244 g/mol. The van der Waals surface area contributed by atoms with Crippen LogP contribution in [0.4, 0.5) is 5.69 Å². The van der Waals surface area contributed by atoms with Gasteiger partial charge in [0.1, 0.15) is 11.4 Å². The fourth-order valence-corrected chi connectivity index (χ4v) is 2.11. The van der Waals surface area contributed by atoms with E-state index in [1.54, 1.807) is 23.9 Å². The molecule has 18 heavy (non-hydrogen) atoms. The molecule has 2 aromatic rings. The van der Waals surface area contributed by atoms with Crippen LogP contribution < -0.4 is 5.32 Å². The number of nitrogens with one attached hydrogen (secondary N) is 1. The van der Waals surface area contributed by atoms with E-state index in [0.29, 0.717) is 12.2 Å². The van der Waals surface area contributed by atoms with Crippen molar-refractivity contribution in [1.29, 1.82) is 0 Å². The van der Waals surface area contributed by atoms with Crippen molar-refractivity contribution >= 4 is 17.4 Å². The van der Waals surface area contributed by atoms with Gasteiger partial charge in [-0.2, -0.15) is 0 Å². The van der Waals surface area contributed by atoms with E-state index < -0.39 is 0 Å². The monoisotopic (exact) mass is 260 g/mol. The number of nitrogens with zero attached hydrogens (tertiary/aromatic N) is 1. The molecule has 94 valence electrons. The zero-order valence-electron chi connectivity index (χ0n) is 10.5. The Kier molecular flexibility index (Phi) is 4.10. The average molecular weight is 260 g/mol. The van der Waals surface area contributed by atoms with Gasteiger partial charge in [-0.15, -0.1) is 11.8 Å². The van der Waals surface area contributed by atoms with Crippen LogP contribution in [0.25, 0.3) is 0 Å². The van der Waals surface area contributed by atoms with Gasteiger partial charge in [0.15, 0.2) is 0 Å². The third-order valence-corrected chi connectivity index (χ3v) is 3.34. The molecule has 1 aromatic heterocycles. The van der Waals surface area contributed by atoms with Crippen molar-refractivity contribution in [3.8, 4) is 5.75 Å². The highest BCUT2D eigenvalue weighted by Crippen LogP contribution is 2.21. The number of hydrogen-bond acceptors (Lipinski definition) is 4. The summed E-state index contributed by atoms with van der Waals surface area (Å²) in [5, 5.41) is 13.0. The molecule has 0 amide bonds. The van der Waals surface area contributed by atoms with Gasteiger partial charge in [-0.25, -0.2) is 0 Å². The molecule has 4 heteroatoms. The van der Waals surface area contributed by atoms with Gasteiger partial charge in [0.2, 0.25) is 0 Å². The summed E-state index contributed by atoms with van der Waals surface area (Å²) >= 11 is 1.71. The van der Waals surface area contributed by atoms with Crippen LogP contribution >= 0.6 is 11.8 Å². The lowest BCUT2D eigenvalue weighted by atomic mass is 10.2. The number of hydrogen-bond donors (Lipinski definition) is 2. The number of thioether (sulfide) groups is 1. The van der Waals surface area contributed by atoms with Crippen molar-refractivity contribution < 1.29 is 5.11 Å². The molecule has 0 fully saturated rings. The topological polar surface area (TPSA) is 45.2 Å². The third-order valence-electron chi connectivity index (χ3n) is 2.62. The van der Waals surface area contributed by atoms with E-state index in [-0.39, 0.29) is 5.75 Å². The second-order valence-corrected chi connectivity index (χ2v) is 4.88. The van der Waals surface area contributed by atoms with Crippen molar-refractivity contribution in [1.82, 2.24) is 4.98 Å². The number of aromatic hydroxyl groups is 1. The third kappa shape index (κ3) is 3.17. The molecule has 0 aliphatic rings. The van der Waals surface area contributed by atoms with Crippen LogP contribution in [0.15, 0.2) is 41.3 Å². The molecule has 0 aliphatic heterocycles. The minimum atomic E-state index is 0.231. The van der Waals surface area contributed by atoms with Gasteiger partial charge in [0.25, 0.3) is 0 Å². The van der Waals surface area contributed by atoms with Crippen molar-refractivity contribution in [3.63, 3.8) is 0 Å². The van der Waals surface area contributed by atoms with Crippen LogP contribution in [-0.4, -0.2) is 16.3 Å². The highest BCUT2D eigenvalue weighted by Gasteiger charge is 2.03. The molecule has 0 spiro atoms. The Balaban J connectivity index is 2.08. The summed E-state index contributed by atoms with van der Waals surface area (Å²) in [4.78, 5) is 5.52. The summed E-state index contributed by atoms with van der Waals surface area (Å²) < 4.78 is 0. The first-order valence-electron chi connectivity index (χ1n) is 5.72. The Bertz CT molecular complexity index is 543. The summed E-state index contributed by atoms with van der Waals surface area (Å²) in [6.07, 6.45) is 2.05. The van der Waals surface area contributed by atoms with Crippen molar-refractivity contribution in [3.05, 3.63) is 47.8 Å². The van der Waals surface area contributed by atoms with Gasteiger partial charge in [-0.1, -0.05) is 6.07 Å². The van der Waals surface area contributed by atoms with Crippen molar-refractivity contribution in [2.75, 3.05) is 11.6 Å². The Morgan fingerprint density at radius 1 is 1.28 bits per heavy atom. The lowest BCUT2D eigenvalue weighted by molar-refractivity contribution is 0.464. The molecular formula is C14H16N2OS. The highest BCUT2D eigenvalue weighted by molar-refractivity contribution is 7.98. The first-order chi connectivity index (χ1) is 8.69. The molecule has 2 rings (SSSR count). The summed E-state index contributed by atoms with van der Waals surface area (Å²) in [5.74, 6) is 0.231. The van der Waals surface area contributed by atoms with Crippen LogP contribution in [0.5, 0.6) is 5.75 Å². The molecule has 0 aliphatic carbocycles. The lowest BCUT2D eigenvalue weighted by Crippen LogP contribution is -2.02. The molecule has 0 unspecified atom stereocenters. The molecule has 0 saturated heterocycles. The fraction of sp³-hybridized carbons (Fsp3) is 0.214. The fourth-order valence-electron chi connectivity index (χ4n) is 1.65. The van der Waals surface area contributed by atoms with Crippen molar-refractivity contribution in [2.45, 2.75) is 18.4 Å². The maximum absolute atomic E-state index is 9.71. The summed E-state index contributed by atoms with van der Waals surface area (Å²) in [6.45, 7) is 2.43. The number of anilines is 1. The quantitative estimate of drug-likeness (QED) is 0.827. The molecule has 0 atom stereocenters. The molecule has 0 saturated carbocycles. The van der Waals surface area contributed by atoms with Crippen LogP contribution in [-0.2, 0) is 6.54 Å². The smallest absolute Gasteiger partial charge is 0.138 e. The Hall–Kier alpha value is -1.68. The lowest BCUT2D eigenvalue weighted by Gasteiger charge is -2.09. The SMILES string of the molecule is CSc1cccc(NCc2nc(C)ccc2O)c1. The summed E-state index contributed by atoms with van der Waals surface area (Å²) in [7, 11) is 0. The molecule has 3 nitrogen and oxygen atoms in total. The van der Waals surface area contributed by atoms with Gasteiger partial charge < -0.3 is 10.4 Å². The van der Waals surface area contributed by atoms with Gasteiger partial charge in [-0.05, 0) is 43.5 Å². The number of aryl methyl sites for hydroxylation is 1. The standard InChI is InChI=1S/C14H16N2OS/c1-10-6-7-14(17)13(16-10)9-15-11-4-3-5-12(8-11)18-2/h3-8,15,17H,9H2,1-2H3. The zero-order valence-corrected chi connectivity index (χ0v) is 11.3. The molecule has 1 heterocycles. The number of pyridine rings is 1.